The van der Waals surface area contributed by atoms with Crippen molar-refractivity contribution >= 4 is 22.2 Å². The summed E-state index contributed by atoms with van der Waals surface area (Å²) in [6.45, 7) is 1.85. The first-order chi connectivity index (χ1) is 5.65. The molecule has 0 saturated heterocycles. The molecule has 1 rings (SSSR count). The summed E-state index contributed by atoms with van der Waals surface area (Å²) in [7, 11) is 0. The van der Waals surface area contributed by atoms with Crippen LogP contribution in [0, 0.1) is 6.92 Å². The van der Waals surface area contributed by atoms with E-state index in [2.05, 4.69) is 15.9 Å². The number of carbonyl (C=O) groups excluding carboxylic acids is 1. The third-order valence-electron chi connectivity index (χ3n) is 1.67. The molecule has 64 valence electrons. The SMILES string of the molecule is Cc1cc(O)ccc1C(Br)C=O. The van der Waals surface area contributed by atoms with E-state index in [-0.39, 0.29) is 10.6 Å². The minimum atomic E-state index is -0.280. The molecule has 0 heterocycles. The number of phenolic OH excluding ortho intramolecular Hbond substituents is 1. The van der Waals surface area contributed by atoms with Gasteiger partial charge in [-0.25, -0.2) is 0 Å². The van der Waals surface area contributed by atoms with Crippen molar-refractivity contribution in [3.05, 3.63) is 29.3 Å². The zero-order chi connectivity index (χ0) is 9.14. The van der Waals surface area contributed by atoms with Crippen LogP contribution in [0.1, 0.15) is 16.0 Å². The number of aryl methyl sites for hydroxylation is 1. The molecule has 0 amide bonds. The second kappa shape index (κ2) is 3.72. The standard InChI is InChI=1S/C9H9BrO2/c1-6-4-7(12)2-3-8(6)9(10)5-11/h2-5,9,12H,1H3. The van der Waals surface area contributed by atoms with Crippen LogP contribution in [0.15, 0.2) is 18.2 Å². The Morgan fingerprint density at radius 1 is 1.58 bits per heavy atom. The van der Waals surface area contributed by atoms with E-state index in [1.165, 1.54) is 0 Å². The van der Waals surface area contributed by atoms with Crippen LogP contribution in [0.3, 0.4) is 0 Å². The molecule has 0 aliphatic rings. The number of hydrogen-bond donors (Lipinski definition) is 1. The predicted octanol–water partition coefficient (Wildman–Crippen LogP) is 2.34. The second-order valence-electron chi connectivity index (χ2n) is 2.58. The highest BCUT2D eigenvalue weighted by atomic mass is 79.9. The molecule has 0 fully saturated rings. The Hall–Kier alpha value is -0.830. The second-order valence-corrected chi connectivity index (χ2v) is 3.57. The molecule has 1 aromatic carbocycles. The third kappa shape index (κ3) is 1.85. The van der Waals surface area contributed by atoms with Crippen molar-refractivity contribution in [2.24, 2.45) is 0 Å². The summed E-state index contributed by atoms with van der Waals surface area (Å²) < 4.78 is 0. The Kier molecular flexibility index (Phi) is 2.87. The molecule has 0 aliphatic carbocycles. The molecule has 0 aromatic heterocycles. The van der Waals surface area contributed by atoms with Gasteiger partial charge in [0.05, 0.1) is 4.83 Å². The average Bonchev–Trinajstić information content (AvgIpc) is 2.03. The molecule has 3 heteroatoms. The van der Waals surface area contributed by atoms with Gasteiger partial charge >= 0.3 is 0 Å². The molecule has 0 spiro atoms. The lowest BCUT2D eigenvalue weighted by atomic mass is 10.1. The number of hydrogen-bond acceptors (Lipinski definition) is 2. The van der Waals surface area contributed by atoms with Crippen LogP contribution < -0.4 is 0 Å². The quantitative estimate of drug-likeness (QED) is 0.624. The van der Waals surface area contributed by atoms with Crippen molar-refractivity contribution in [3.63, 3.8) is 0 Å². The van der Waals surface area contributed by atoms with Gasteiger partial charge in [0.1, 0.15) is 12.0 Å². The van der Waals surface area contributed by atoms with Crippen LogP contribution in [0.2, 0.25) is 0 Å². The van der Waals surface area contributed by atoms with Crippen LogP contribution in [0.4, 0.5) is 0 Å². The van der Waals surface area contributed by atoms with E-state index in [0.717, 1.165) is 17.4 Å². The summed E-state index contributed by atoms with van der Waals surface area (Å²) in [6.07, 6.45) is 0.819. The van der Waals surface area contributed by atoms with Crippen molar-refractivity contribution < 1.29 is 9.90 Å². The summed E-state index contributed by atoms with van der Waals surface area (Å²) in [5, 5.41) is 9.09. The largest absolute Gasteiger partial charge is 0.508 e. The molecule has 0 bridgehead atoms. The number of benzene rings is 1. The number of rotatable bonds is 2. The van der Waals surface area contributed by atoms with Crippen molar-refractivity contribution in [1.82, 2.24) is 0 Å². The van der Waals surface area contributed by atoms with E-state index in [4.69, 9.17) is 5.11 Å². The number of carbonyl (C=O) groups is 1. The lowest BCUT2D eigenvalue weighted by Gasteiger charge is -2.06. The zero-order valence-corrected chi connectivity index (χ0v) is 8.21. The highest BCUT2D eigenvalue weighted by molar-refractivity contribution is 9.09. The van der Waals surface area contributed by atoms with Gasteiger partial charge in [-0.3, -0.25) is 0 Å². The van der Waals surface area contributed by atoms with Crippen molar-refractivity contribution in [2.75, 3.05) is 0 Å². The van der Waals surface area contributed by atoms with E-state index < -0.39 is 0 Å². The highest BCUT2D eigenvalue weighted by Gasteiger charge is 2.08. The van der Waals surface area contributed by atoms with Gasteiger partial charge in [-0.1, -0.05) is 22.0 Å². The van der Waals surface area contributed by atoms with Crippen LogP contribution in [-0.4, -0.2) is 11.4 Å². The van der Waals surface area contributed by atoms with E-state index in [1.54, 1.807) is 18.2 Å². The van der Waals surface area contributed by atoms with Crippen molar-refractivity contribution in [1.29, 1.82) is 0 Å². The van der Waals surface area contributed by atoms with Crippen molar-refractivity contribution in [2.45, 2.75) is 11.8 Å². The average molecular weight is 229 g/mol. The number of aromatic hydroxyl groups is 1. The normalized spacial score (nSPS) is 12.5. The summed E-state index contributed by atoms with van der Waals surface area (Å²) in [5.41, 5.74) is 1.80. The minimum absolute atomic E-state index is 0.224. The van der Waals surface area contributed by atoms with E-state index in [0.29, 0.717) is 0 Å². The molecule has 2 nitrogen and oxygen atoms in total. The number of phenols is 1. The maximum absolute atomic E-state index is 10.4. The predicted molar refractivity (Wildman–Crippen MR) is 50.6 cm³/mol. The van der Waals surface area contributed by atoms with Gasteiger partial charge in [0.15, 0.2) is 0 Å². The Balaban J connectivity index is 3.09. The van der Waals surface area contributed by atoms with Gasteiger partial charge in [0, 0.05) is 0 Å². The summed E-state index contributed by atoms with van der Waals surface area (Å²) >= 11 is 3.21. The fraction of sp³-hybridized carbons (Fsp3) is 0.222. The molecule has 1 atom stereocenters. The minimum Gasteiger partial charge on any atom is -0.508 e. The third-order valence-corrected chi connectivity index (χ3v) is 2.38. The Labute approximate surface area is 79.3 Å². The Bertz CT molecular complexity index is 297. The Morgan fingerprint density at radius 2 is 2.25 bits per heavy atom. The fourth-order valence-electron chi connectivity index (χ4n) is 1.04. The zero-order valence-electron chi connectivity index (χ0n) is 6.62. The van der Waals surface area contributed by atoms with E-state index in [1.807, 2.05) is 6.92 Å². The van der Waals surface area contributed by atoms with Crippen LogP contribution >= 0.6 is 15.9 Å². The molecule has 12 heavy (non-hydrogen) atoms. The molecule has 1 aromatic rings. The molecular weight excluding hydrogens is 220 g/mol. The fourth-order valence-corrected chi connectivity index (χ4v) is 1.56. The molecule has 0 saturated carbocycles. The lowest BCUT2D eigenvalue weighted by Crippen LogP contribution is -1.93. The van der Waals surface area contributed by atoms with Crippen LogP contribution in [0.5, 0.6) is 5.75 Å². The molecule has 1 N–H and O–H groups in total. The first kappa shape index (κ1) is 9.26. The van der Waals surface area contributed by atoms with Gasteiger partial charge < -0.3 is 9.90 Å². The monoisotopic (exact) mass is 228 g/mol. The molecular formula is C9H9BrO2. The van der Waals surface area contributed by atoms with Gasteiger partial charge in [0.2, 0.25) is 0 Å². The topological polar surface area (TPSA) is 37.3 Å². The van der Waals surface area contributed by atoms with Gasteiger partial charge in [-0.2, -0.15) is 0 Å². The van der Waals surface area contributed by atoms with Crippen molar-refractivity contribution in [3.8, 4) is 5.75 Å². The molecule has 0 radical (unpaired) electrons. The van der Waals surface area contributed by atoms with Gasteiger partial charge in [-0.05, 0) is 30.2 Å². The van der Waals surface area contributed by atoms with Gasteiger partial charge in [-0.15, -0.1) is 0 Å². The maximum Gasteiger partial charge on any atom is 0.138 e. The lowest BCUT2D eigenvalue weighted by molar-refractivity contribution is -0.107. The number of aldehydes is 1. The van der Waals surface area contributed by atoms with E-state index >= 15 is 0 Å². The summed E-state index contributed by atoms with van der Waals surface area (Å²) in [5.74, 6) is 0.224. The highest BCUT2D eigenvalue weighted by Crippen LogP contribution is 2.25. The van der Waals surface area contributed by atoms with Gasteiger partial charge in [0.25, 0.3) is 0 Å². The Morgan fingerprint density at radius 3 is 2.75 bits per heavy atom. The smallest absolute Gasteiger partial charge is 0.138 e. The summed E-state index contributed by atoms with van der Waals surface area (Å²) in [4.78, 5) is 10.2. The molecule has 0 aliphatic heterocycles. The molecule has 1 unspecified atom stereocenters. The van der Waals surface area contributed by atoms with Crippen LogP contribution in [0.25, 0.3) is 0 Å². The number of alkyl halides is 1. The first-order valence-electron chi connectivity index (χ1n) is 3.54. The van der Waals surface area contributed by atoms with E-state index in [9.17, 15) is 4.79 Å². The summed E-state index contributed by atoms with van der Waals surface area (Å²) in [6, 6.07) is 4.94. The van der Waals surface area contributed by atoms with Crippen LogP contribution in [-0.2, 0) is 4.79 Å². The maximum atomic E-state index is 10.4. The first-order valence-corrected chi connectivity index (χ1v) is 4.45. The number of halogens is 1.